The Hall–Kier alpha value is -2.73. The Balaban J connectivity index is 1.55. The fraction of sp³-hybridized carbons (Fsp3) is 0.333. The van der Waals surface area contributed by atoms with Crippen LogP contribution in [-0.4, -0.2) is 50.0 Å². The van der Waals surface area contributed by atoms with Crippen LogP contribution in [0.2, 0.25) is 5.02 Å². The zero-order chi connectivity index (χ0) is 19.9. The molecular formula is C21H26ClN5O. The second-order valence-electron chi connectivity index (χ2n) is 6.71. The largest absolute Gasteiger partial charge is 0.367 e. The van der Waals surface area contributed by atoms with E-state index in [0.717, 1.165) is 54.1 Å². The van der Waals surface area contributed by atoms with Crippen molar-refractivity contribution < 1.29 is 4.79 Å². The Morgan fingerprint density at radius 1 is 1.11 bits per heavy atom. The van der Waals surface area contributed by atoms with Crippen molar-refractivity contribution in [1.29, 1.82) is 0 Å². The summed E-state index contributed by atoms with van der Waals surface area (Å²) in [6.45, 7) is 5.68. The minimum atomic E-state index is -0.0719. The van der Waals surface area contributed by atoms with Gasteiger partial charge in [0.25, 0.3) is 0 Å². The van der Waals surface area contributed by atoms with Crippen LogP contribution in [0.3, 0.4) is 0 Å². The number of amides is 1. The fourth-order valence-corrected chi connectivity index (χ4v) is 3.60. The summed E-state index contributed by atoms with van der Waals surface area (Å²) in [6.07, 6.45) is 0. The van der Waals surface area contributed by atoms with Gasteiger partial charge in [-0.15, -0.1) is 0 Å². The Morgan fingerprint density at radius 2 is 1.86 bits per heavy atom. The first-order valence-electron chi connectivity index (χ1n) is 9.38. The smallest absolute Gasteiger partial charge is 0.221 e. The van der Waals surface area contributed by atoms with Crippen LogP contribution in [0.25, 0.3) is 0 Å². The summed E-state index contributed by atoms with van der Waals surface area (Å²) in [7, 11) is 1.80. The minimum Gasteiger partial charge on any atom is -0.367 e. The monoisotopic (exact) mass is 399 g/mol. The highest BCUT2D eigenvalue weighted by Crippen LogP contribution is 2.26. The van der Waals surface area contributed by atoms with Gasteiger partial charge in [0, 0.05) is 52.4 Å². The number of carbonyl (C=O) groups is 1. The highest BCUT2D eigenvalue weighted by atomic mass is 35.5. The lowest BCUT2D eigenvalue weighted by Gasteiger charge is -2.38. The molecule has 28 heavy (non-hydrogen) atoms. The number of carbonyl (C=O) groups excluding carboxylic acids is 1. The number of halogens is 1. The van der Waals surface area contributed by atoms with Crippen molar-refractivity contribution in [3.8, 4) is 0 Å². The summed E-state index contributed by atoms with van der Waals surface area (Å²) in [5.74, 6) is 0.807. The first kappa shape index (κ1) is 20.0. The van der Waals surface area contributed by atoms with E-state index in [1.807, 2.05) is 42.5 Å². The molecule has 7 heteroatoms. The highest BCUT2D eigenvalue weighted by molar-refractivity contribution is 6.33. The maximum Gasteiger partial charge on any atom is 0.221 e. The molecule has 1 saturated heterocycles. The topological polar surface area (TPSA) is 60.0 Å². The van der Waals surface area contributed by atoms with E-state index in [1.165, 1.54) is 6.92 Å². The molecule has 1 fully saturated rings. The SMILES string of the molecule is CN=C(NCc1cccc(NC(C)=O)c1)N1CCN(c2ccccc2Cl)CC1. The van der Waals surface area contributed by atoms with E-state index in [9.17, 15) is 4.79 Å². The van der Waals surface area contributed by atoms with Crippen LogP contribution in [0.1, 0.15) is 12.5 Å². The summed E-state index contributed by atoms with van der Waals surface area (Å²) in [5, 5.41) is 7.02. The van der Waals surface area contributed by atoms with Gasteiger partial charge in [-0.05, 0) is 29.8 Å². The zero-order valence-electron chi connectivity index (χ0n) is 16.3. The van der Waals surface area contributed by atoms with Crippen LogP contribution < -0.4 is 15.5 Å². The molecule has 0 radical (unpaired) electrons. The number of piperazine rings is 1. The van der Waals surface area contributed by atoms with Crippen molar-refractivity contribution in [3.63, 3.8) is 0 Å². The van der Waals surface area contributed by atoms with Gasteiger partial charge >= 0.3 is 0 Å². The van der Waals surface area contributed by atoms with Gasteiger partial charge in [0.05, 0.1) is 10.7 Å². The van der Waals surface area contributed by atoms with Crippen molar-refractivity contribution in [2.75, 3.05) is 43.4 Å². The minimum absolute atomic E-state index is 0.0719. The summed E-state index contributed by atoms with van der Waals surface area (Å²) in [5.41, 5.74) is 2.97. The lowest BCUT2D eigenvalue weighted by atomic mass is 10.2. The lowest BCUT2D eigenvalue weighted by Crippen LogP contribution is -2.52. The third-order valence-electron chi connectivity index (χ3n) is 4.68. The second kappa shape index (κ2) is 9.46. The number of aliphatic imine (C=N–C) groups is 1. The van der Waals surface area contributed by atoms with E-state index >= 15 is 0 Å². The molecule has 0 atom stereocenters. The predicted octanol–water partition coefficient (Wildman–Crippen LogP) is 3.20. The molecule has 1 aliphatic heterocycles. The van der Waals surface area contributed by atoms with Crippen LogP contribution in [0.5, 0.6) is 0 Å². The Kier molecular flexibility index (Phi) is 6.76. The van der Waals surface area contributed by atoms with Crippen LogP contribution >= 0.6 is 11.6 Å². The van der Waals surface area contributed by atoms with Gasteiger partial charge in [-0.3, -0.25) is 9.79 Å². The molecular weight excluding hydrogens is 374 g/mol. The Bertz CT molecular complexity index is 846. The number of nitrogens with zero attached hydrogens (tertiary/aromatic N) is 3. The molecule has 0 unspecified atom stereocenters. The fourth-order valence-electron chi connectivity index (χ4n) is 3.34. The van der Waals surface area contributed by atoms with E-state index in [1.54, 1.807) is 7.05 Å². The van der Waals surface area contributed by atoms with Crippen molar-refractivity contribution in [3.05, 3.63) is 59.1 Å². The number of guanidine groups is 1. The number of nitrogens with one attached hydrogen (secondary N) is 2. The lowest BCUT2D eigenvalue weighted by molar-refractivity contribution is -0.114. The van der Waals surface area contributed by atoms with Crippen molar-refractivity contribution in [2.24, 2.45) is 4.99 Å². The maximum absolute atomic E-state index is 11.2. The predicted molar refractivity (Wildman–Crippen MR) is 116 cm³/mol. The van der Waals surface area contributed by atoms with E-state index in [0.29, 0.717) is 6.54 Å². The average molecular weight is 400 g/mol. The van der Waals surface area contributed by atoms with Crippen LogP contribution in [0, 0.1) is 0 Å². The van der Waals surface area contributed by atoms with Gasteiger partial charge < -0.3 is 20.4 Å². The average Bonchev–Trinajstić information content (AvgIpc) is 2.69. The molecule has 2 aromatic rings. The van der Waals surface area contributed by atoms with Crippen molar-refractivity contribution >= 4 is 34.8 Å². The summed E-state index contributed by atoms with van der Waals surface area (Å²) in [6, 6.07) is 15.8. The third-order valence-corrected chi connectivity index (χ3v) is 5.00. The molecule has 6 nitrogen and oxygen atoms in total. The quantitative estimate of drug-likeness (QED) is 0.612. The molecule has 0 aromatic heterocycles. The molecule has 1 heterocycles. The van der Waals surface area contributed by atoms with Gasteiger partial charge in [0.1, 0.15) is 0 Å². The Morgan fingerprint density at radius 3 is 2.54 bits per heavy atom. The number of benzene rings is 2. The van der Waals surface area contributed by atoms with Gasteiger partial charge in [0.15, 0.2) is 5.96 Å². The number of hydrogen-bond donors (Lipinski definition) is 2. The molecule has 1 aliphatic rings. The maximum atomic E-state index is 11.2. The molecule has 0 spiro atoms. The van der Waals surface area contributed by atoms with Gasteiger partial charge in [-0.1, -0.05) is 35.9 Å². The van der Waals surface area contributed by atoms with E-state index in [-0.39, 0.29) is 5.91 Å². The van der Waals surface area contributed by atoms with Gasteiger partial charge in [0.2, 0.25) is 5.91 Å². The van der Waals surface area contributed by atoms with Crippen molar-refractivity contribution in [2.45, 2.75) is 13.5 Å². The number of hydrogen-bond acceptors (Lipinski definition) is 3. The molecule has 2 aromatic carbocycles. The molecule has 0 saturated carbocycles. The van der Waals surface area contributed by atoms with Crippen LogP contribution in [0.15, 0.2) is 53.5 Å². The van der Waals surface area contributed by atoms with Gasteiger partial charge in [-0.25, -0.2) is 0 Å². The molecule has 0 bridgehead atoms. The van der Waals surface area contributed by atoms with Crippen LogP contribution in [0.4, 0.5) is 11.4 Å². The normalized spacial score (nSPS) is 14.8. The summed E-state index contributed by atoms with van der Waals surface area (Å²) >= 11 is 6.33. The number of rotatable bonds is 4. The molecule has 1 amide bonds. The second-order valence-corrected chi connectivity index (χ2v) is 7.12. The molecule has 0 aliphatic carbocycles. The van der Waals surface area contributed by atoms with E-state index in [4.69, 9.17) is 11.6 Å². The summed E-state index contributed by atoms with van der Waals surface area (Å²) < 4.78 is 0. The molecule has 148 valence electrons. The summed E-state index contributed by atoms with van der Waals surface area (Å²) in [4.78, 5) is 20.2. The Labute approximate surface area is 171 Å². The molecule has 3 rings (SSSR count). The highest BCUT2D eigenvalue weighted by Gasteiger charge is 2.20. The van der Waals surface area contributed by atoms with Crippen LogP contribution in [-0.2, 0) is 11.3 Å². The molecule has 2 N–H and O–H groups in total. The first-order valence-corrected chi connectivity index (χ1v) is 9.76. The number of para-hydroxylation sites is 1. The van der Waals surface area contributed by atoms with Crippen molar-refractivity contribution in [1.82, 2.24) is 10.2 Å². The first-order chi connectivity index (χ1) is 13.6. The third kappa shape index (κ3) is 5.16. The zero-order valence-corrected chi connectivity index (χ0v) is 17.0. The standard InChI is InChI=1S/C21H26ClN5O/c1-16(28)25-18-7-5-6-17(14-18)15-24-21(23-2)27-12-10-26(11-13-27)20-9-4-3-8-19(20)22/h3-9,14H,10-13,15H2,1-2H3,(H,23,24)(H,25,28). The van der Waals surface area contributed by atoms with E-state index < -0.39 is 0 Å². The number of anilines is 2. The van der Waals surface area contributed by atoms with Gasteiger partial charge in [-0.2, -0.15) is 0 Å². The van der Waals surface area contributed by atoms with E-state index in [2.05, 4.69) is 31.5 Å².